The van der Waals surface area contributed by atoms with E-state index < -0.39 is 24.1 Å². The van der Waals surface area contributed by atoms with E-state index in [2.05, 4.69) is 10.3 Å². The third-order valence-corrected chi connectivity index (χ3v) is 4.27. The molecule has 0 saturated carbocycles. The fourth-order valence-electron chi connectivity index (χ4n) is 2.17. The molecule has 0 spiro atoms. The SMILES string of the molecule is Cc1cnc(C(C)NC(=O)N2C[C@H](O)C[C@@H]2C(=O)O)s1. The maximum atomic E-state index is 12.1. The van der Waals surface area contributed by atoms with Crippen LogP contribution in [0.2, 0.25) is 0 Å². The number of carbonyl (C=O) groups is 2. The van der Waals surface area contributed by atoms with E-state index in [4.69, 9.17) is 5.11 Å². The van der Waals surface area contributed by atoms with E-state index in [9.17, 15) is 14.7 Å². The van der Waals surface area contributed by atoms with Crippen molar-refractivity contribution < 1.29 is 19.8 Å². The number of hydrogen-bond acceptors (Lipinski definition) is 5. The molecule has 110 valence electrons. The summed E-state index contributed by atoms with van der Waals surface area (Å²) in [4.78, 5) is 29.6. The van der Waals surface area contributed by atoms with Gasteiger partial charge in [0, 0.05) is 24.0 Å². The molecule has 8 heteroatoms. The Morgan fingerprint density at radius 1 is 1.60 bits per heavy atom. The molecule has 1 aromatic heterocycles. The van der Waals surface area contributed by atoms with E-state index in [0.717, 1.165) is 14.8 Å². The lowest BCUT2D eigenvalue weighted by molar-refractivity contribution is -0.141. The number of aryl methyl sites for hydroxylation is 1. The van der Waals surface area contributed by atoms with Crippen LogP contribution in [0.4, 0.5) is 4.79 Å². The molecular weight excluding hydrogens is 282 g/mol. The number of urea groups is 1. The predicted molar refractivity (Wildman–Crippen MR) is 72.6 cm³/mol. The summed E-state index contributed by atoms with van der Waals surface area (Å²) >= 11 is 1.48. The van der Waals surface area contributed by atoms with Crippen LogP contribution in [0.25, 0.3) is 0 Å². The van der Waals surface area contributed by atoms with Crippen LogP contribution < -0.4 is 5.32 Å². The minimum Gasteiger partial charge on any atom is -0.480 e. The highest BCUT2D eigenvalue weighted by molar-refractivity contribution is 7.11. The number of hydrogen-bond donors (Lipinski definition) is 3. The van der Waals surface area contributed by atoms with E-state index in [1.807, 2.05) is 6.92 Å². The number of aliphatic hydroxyl groups is 1. The second kappa shape index (κ2) is 5.76. The zero-order valence-corrected chi connectivity index (χ0v) is 12.1. The second-order valence-electron chi connectivity index (χ2n) is 4.88. The molecule has 0 radical (unpaired) electrons. The highest BCUT2D eigenvalue weighted by Crippen LogP contribution is 2.22. The highest BCUT2D eigenvalue weighted by atomic mass is 32.1. The molecule has 2 rings (SSSR count). The van der Waals surface area contributed by atoms with Crippen LogP contribution in [0.15, 0.2) is 6.20 Å². The van der Waals surface area contributed by atoms with E-state index in [-0.39, 0.29) is 19.0 Å². The zero-order chi connectivity index (χ0) is 14.9. The lowest BCUT2D eigenvalue weighted by atomic mass is 10.2. The van der Waals surface area contributed by atoms with Crippen molar-refractivity contribution in [1.29, 1.82) is 0 Å². The van der Waals surface area contributed by atoms with Gasteiger partial charge in [-0.2, -0.15) is 0 Å². The number of aliphatic hydroxyl groups excluding tert-OH is 1. The summed E-state index contributed by atoms with van der Waals surface area (Å²) < 4.78 is 0. The van der Waals surface area contributed by atoms with Crippen LogP contribution in [0.1, 0.15) is 29.3 Å². The molecule has 20 heavy (non-hydrogen) atoms. The third kappa shape index (κ3) is 3.07. The van der Waals surface area contributed by atoms with Gasteiger partial charge in [-0.05, 0) is 13.8 Å². The van der Waals surface area contributed by atoms with Crippen molar-refractivity contribution in [1.82, 2.24) is 15.2 Å². The molecule has 7 nitrogen and oxygen atoms in total. The first-order valence-corrected chi connectivity index (χ1v) is 7.10. The van der Waals surface area contributed by atoms with Crippen molar-refractivity contribution in [2.24, 2.45) is 0 Å². The molecule has 0 aliphatic carbocycles. The first-order chi connectivity index (χ1) is 9.38. The number of nitrogens with zero attached hydrogens (tertiary/aromatic N) is 2. The Balaban J connectivity index is 2.02. The number of aliphatic carboxylic acids is 1. The maximum Gasteiger partial charge on any atom is 0.326 e. The van der Waals surface area contributed by atoms with Crippen molar-refractivity contribution in [2.75, 3.05) is 6.54 Å². The number of β-amino-alcohol motifs (C(OH)–C–C–N with tert-alkyl or cyclic N) is 1. The van der Waals surface area contributed by atoms with Gasteiger partial charge in [0.15, 0.2) is 0 Å². The molecule has 0 bridgehead atoms. The number of amides is 2. The summed E-state index contributed by atoms with van der Waals surface area (Å²) in [5, 5.41) is 22.1. The molecule has 0 aromatic carbocycles. The summed E-state index contributed by atoms with van der Waals surface area (Å²) in [5.41, 5.74) is 0. The summed E-state index contributed by atoms with van der Waals surface area (Å²) in [6.07, 6.45) is 0.995. The lowest BCUT2D eigenvalue weighted by Crippen LogP contribution is -2.46. The van der Waals surface area contributed by atoms with Gasteiger partial charge in [0.2, 0.25) is 0 Å². The van der Waals surface area contributed by atoms with E-state index in [1.54, 1.807) is 13.1 Å². The largest absolute Gasteiger partial charge is 0.480 e. The Hall–Kier alpha value is -1.67. The van der Waals surface area contributed by atoms with E-state index >= 15 is 0 Å². The summed E-state index contributed by atoms with van der Waals surface area (Å²) in [6, 6.07) is -1.77. The van der Waals surface area contributed by atoms with Crippen LogP contribution in [0, 0.1) is 6.92 Å². The number of likely N-dealkylation sites (tertiary alicyclic amines) is 1. The molecule has 1 saturated heterocycles. The van der Waals surface area contributed by atoms with Gasteiger partial charge in [-0.3, -0.25) is 0 Å². The van der Waals surface area contributed by atoms with Gasteiger partial charge in [-0.15, -0.1) is 11.3 Å². The number of carboxylic acids is 1. The first kappa shape index (κ1) is 14.7. The molecule has 3 atom stereocenters. The van der Waals surface area contributed by atoms with Crippen molar-refractivity contribution in [3.05, 3.63) is 16.1 Å². The van der Waals surface area contributed by atoms with Crippen LogP contribution in [0.5, 0.6) is 0 Å². The average Bonchev–Trinajstić information content (AvgIpc) is 2.95. The molecule has 1 aromatic rings. The number of thiazole rings is 1. The number of carboxylic acid groups (broad SMARTS) is 1. The minimum absolute atomic E-state index is 0.0341. The van der Waals surface area contributed by atoms with Crippen molar-refractivity contribution in [3.8, 4) is 0 Å². The van der Waals surface area contributed by atoms with E-state index in [1.165, 1.54) is 11.3 Å². The van der Waals surface area contributed by atoms with Crippen LogP contribution in [0.3, 0.4) is 0 Å². The maximum absolute atomic E-state index is 12.1. The molecule has 1 aliphatic rings. The predicted octanol–water partition coefficient (Wildman–Crippen LogP) is 0.742. The smallest absolute Gasteiger partial charge is 0.326 e. The Labute approximate surface area is 120 Å². The molecule has 1 fully saturated rings. The lowest BCUT2D eigenvalue weighted by Gasteiger charge is -2.23. The summed E-state index contributed by atoms with van der Waals surface area (Å²) in [7, 11) is 0. The second-order valence-corrected chi connectivity index (χ2v) is 6.14. The van der Waals surface area contributed by atoms with Gasteiger partial charge in [0.05, 0.1) is 12.1 Å². The van der Waals surface area contributed by atoms with Gasteiger partial charge in [0.25, 0.3) is 0 Å². The normalized spacial score (nSPS) is 23.6. The zero-order valence-electron chi connectivity index (χ0n) is 11.2. The first-order valence-electron chi connectivity index (χ1n) is 6.28. The Bertz CT molecular complexity index is 519. The highest BCUT2D eigenvalue weighted by Gasteiger charge is 2.39. The Morgan fingerprint density at radius 3 is 2.85 bits per heavy atom. The fraction of sp³-hybridized carbons (Fsp3) is 0.583. The molecule has 1 aliphatic heterocycles. The monoisotopic (exact) mass is 299 g/mol. The molecular formula is C12H17N3O4S. The topological polar surface area (TPSA) is 103 Å². The third-order valence-electron chi connectivity index (χ3n) is 3.17. The van der Waals surface area contributed by atoms with Gasteiger partial charge in [-0.25, -0.2) is 14.6 Å². The number of rotatable bonds is 3. The van der Waals surface area contributed by atoms with E-state index in [0.29, 0.717) is 0 Å². The Morgan fingerprint density at radius 2 is 2.30 bits per heavy atom. The number of nitrogens with one attached hydrogen (secondary N) is 1. The van der Waals surface area contributed by atoms with Gasteiger partial charge >= 0.3 is 12.0 Å². The quantitative estimate of drug-likeness (QED) is 0.764. The van der Waals surface area contributed by atoms with Gasteiger partial charge in [-0.1, -0.05) is 0 Å². The standard InChI is InChI=1S/C12H17N3O4S/c1-6-4-13-10(20-6)7(2)14-12(19)15-5-8(16)3-9(15)11(17)18/h4,7-9,16H,3,5H2,1-2H3,(H,14,19)(H,17,18)/t7?,8-,9-/m1/s1. The van der Waals surface area contributed by atoms with Crippen LogP contribution in [-0.2, 0) is 4.79 Å². The molecule has 1 unspecified atom stereocenters. The molecule has 2 amide bonds. The van der Waals surface area contributed by atoms with Crippen LogP contribution in [-0.4, -0.2) is 50.8 Å². The van der Waals surface area contributed by atoms with Gasteiger partial charge < -0.3 is 20.4 Å². The fourth-order valence-corrected chi connectivity index (χ4v) is 2.95. The van der Waals surface area contributed by atoms with Crippen molar-refractivity contribution in [2.45, 2.75) is 38.5 Å². The average molecular weight is 299 g/mol. The molecule has 2 heterocycles. The minimum atomic E-state index is -1.10. The van der Waals surface area contributed by atoms with Crippen molar-refractivity contribution in [3.63, 3.8) is 0 Å². The van der Waals surface area contributed by atoms with Crippen molar-refractivity contribution >= 4 is 23.3 Å². The van der Waals surface area contributed by atoms with Gasteiger partial charge in [0.1, 0.15) is 11.0 Å². The Kier molecular flexibility index (Phi) is 4.24. The molecule has 3 N–H and O–H groups in total. The summed E-state index contributed by atoms with van der Waals surface area (Å²) in [6.45, 7) is 3.75. The number of aromatic nitrogens is 1. The van der Waals surface area contributed by atoms with Crippen LogP contribution >= 0.6 is 11.3 Å². The summed E-state index contributed by atoms with van der Waals surface area (Å²) in [5.74, 6) is -1.10. The number of carbonyl (C=O) groups excluding carboxylic acids is 1.